The van der Waals surface area contributed by atoms with Crippen LogP contribution >= 0.6 is 0 Å². The van der Waals surface area contributed by atoms with Gasteiger partial charge in [0.2, 0.25) is 0 Å². The van der Waals surface area contributed by atoms with E-state index < -0.39 is 28.6 Å². The smallest absolute Gasteiger partial charge is 0.408 e. The number of rotatable bonds is 5. The number of amides is 1. The summed E-state index contributed by atoms with van der Waals surface area (Å²) in [4.78, 5) is 33.4. The van der Waals surface area contributed by atoms with Crippen LogP contribution in [0.1, 0.15) is 33.3 Å². The van der Waals surface area contributed by atoms with E-state index in [0.29, 0.717) is 5.56 Å². The Bertz CT molecular complexity index is 577. The van der Waals surface area contributed by atoms with Crippen LogP contribution in [-0.4, -0.2) is 28.6 Å². The topological polar surface area (TPSA) is 108 Å². The second-order valence-corrected chi connectivity index (χ2v) is 5.90. The van der Waals surface area contributed by atoms with Gasteiger partial charge in [-0.2, -0.15) is 0 Å². The molecule has 1 aromatic carbocycles. The number of alkyl carbamates (subject to hydrolysis) is 1. The van der Waals surface area contributed by atoms with Crippen LogP contribution in [-0.2, 0) is 20.9 Å². The molecule has 0 bridgehead atoms. The van der Waals surface area contributed by atoms with E-state index in [1.54, 1.807) is 20.8 Å². The van der Waals surface area contributed by atoms with Crippen molar-refractivity contribution in [3.05, 3.63) is 39.9 Å². The molecule has 0 aromatic heterocycles. The lowest BCUT2D eigenvalue weighted by Gasteiger charge is -2.21. The first-order valence-electron chi connectivity index (χ1n) is 6.98. The number of nitrogens with one attached hydrogen (secondary N) is 1. The number of esters is 1. The summed E-state index contributed by atoms with van der Waals surface area (Å²) in [5.41, 5.74) is -0.0969. The van der Waals surface area contributed by atoms with E-state index in [1.807, 2.05) is 0 Å². The van der Waals surface area contributed by atoms with Crippen LogP contribution < -0.4 is 5.32 Å². The Morgan fingerprint density at radius 3 is 2.30 bits per heavy atom. The molecular weight excluding hydrogens is 304 g/mol. The summed E-state index contributed by atoms with van der Waals surface area (Å²) < 4.78 is 10.1. The molecule has 8 heteroatoms. The van der Waals surface area contributed by atoms with Crippen molar-refractivity contribution >= 4 is 17.7 Å². The first kappa shape index (κ1) is 18.4. The number of nitro groups is 1. The monoisotopic (exact) mass is 324 g/mol. The van der Waals surface area contributed by atoms with Gasteiger partial charge in [0.05, 0.1) is 4.92 Å². The van der Waals surface area contributed by atoms with Crippen LogP contribution in [0.15, 0.2) is 24.3 Å². The highest BCUT2D eigenvalue weighted by atomic mass is 16.6. The third kappa shape index (κ3) is 6.77. The molecule has 1 rings (SSSR count). The van der Waals surface area contributed by atoms with Crippen molar-refractivity contribution in [3.8, 4) is 0 Å². The van der Waals surface area contributed by atoms with Crippen LogP contribution in [0.4, 0.5) is 10.5 Å². The zero-order chi connectivity index (χ0) is 17.6. The molecule has 0 aliphatic heterocycles. The van der Waals surface area contributed by atoms with Gasteiger partial charge in [-0.15, -0.1) is 0 Å². The van der Waals surface area contributed by atoms with Crippen molar-refractivity contribution in [2.24, 2.45) is 0 Å². The van der Waals surface area contributed by atoms with Crippen molar-refractivity contribution in [2.75, 3.05) is 0 Å². The fourth-order valence-corrected chi connectivity index (χ4v) is 1.54. The van der Waals surface area contributed by atoms with Crippen LogP contribution in [0, 0.1) is 10.1 Å². The fourth-order valence-electron chi connectivity index (χ4n) is 1.54. The Hall–Kier alpha value is -2.64. The van der Waals surface area contributed by atoms with Crippen molar-refractivity contribution in [2.45, 2.75) is 45.9 Å². The molecule has 126 valence electrons. The first-order chi connectivity index (χ1) is 10.6. The first-order valence-corrected chi connectivity index (χ1v) is 6.98. The van der Waals surface area contributed by atoms with Crippen molar-refractivity contribution < 1.29 is 24.0 Å². The third-order valence-electron chi connectivity index (χ3n) is 2.62. The lowest BCUT2D eigenvalue weighted by Crippen LogP contribution is -2.42. The summed E-state index contributed by atoms with van der Waals surface area (Å²) in [6, 6.07) is 4.77. The molecule has 0 spiro atoms. The number of carbonyl (C=O) groups excluding carboxylic acids is 2. The molecule has 23 heavy (non-hydrogen) atoms. The molecule has 1 aromatic rings. The zero-order valence-electron chi connectivity index (χ0n) is 13.5. The van der Waals surface area contributed by atoms with Gasteiger partial charge in [0, 0.05) is 12.1 Å². The summed E-state index contributed by atoms with van der Waals surface area (Å²) in [5, 5.41) is 12.9. The molecule has 1 atom stereocenters. The average Bonchev–Trinajstić information content (AvgIpc) is 2.42. The molecule has 0 aliphatic rings. The molecule has 1 amide bonds. The summed E-state index contributed by atoms with van der Waals surface area (Å²) in [6.45, 7) is 6.57. The van der Waals surface area contributed by atoms with Gasteiger partial charge in [-0.05, 0) is 45.4 Å². The number of benzene rings is 1. The van der Waals surface area contributed by atoms with Gasteiger partial charge in [-0.1, -0.05) is 0 Å². The van der Waals surface area contributed by atoms with Crippen LogP contribution in [0.25, 0.3) is 0 Å². The van der Waals surface area contributed by atoms with Crippen molar-refractivity contribution in [3.63, 3.8) is 0 Å². The Kier molecular flexibility index (Phi) is 6.06. The van der Waals surface area contributed by atoms with Gasteiger partial charge in [-0.25, -0.2) is 9.59 Å². The standard InChI is InChI=1S/C15H20N2O6/c1-10(16-14(19)23-15(2,3)4)13(18)22-9-11-5-7-12(8-6-11)17(20)21/h5-8,10H,9H2,1-4H3,(H,16,19)/t10-/m0/s1. The highest BCUT2D eigenvalue weighted by Crippen LogP contribution is 2.13. The van der Waals surface area contributed by atoms with Crippen molar-refractivity contribution in [1.82, 2.24) is 5.32 Å². The molecule has 0 saturated carbocycles. The Balaban J connectivity index is 2.46. The van der Waals surface area contributed by atoms with E-state index in [0.717, 1.165) is 0 Å². The quantitative estimate of drug-likeness (QED) is 0.506. The predicted molar refractivity (Wildman–Crippen MR) is 81.7 cm³/mol. The number of hydrogen-bond acceptors (Lipinski definition) is 6. The maximum atomic E-state index is 11.8. The summed E-state index contributed by atoms with van der Waals surface area (Å²) in [5.74, 6) is -0.630. The van der Waals surface area contributed by atoms with Crippen LogP contribution in [0.5, 0.6) is 0 Å². The Morgan fingerprint density at radius 1 is 1.26 bits per heavy atom. The molecule has 0 fully saturated rings. The Morgan fingerprint density at radius 2 is 1.83 bits per heavy atom. The number of nitrogens with zero attached hydrogens (tertiary/aromatic N) is 1. The maximum absolute atomic E-state index is 11.8. The second-order valence-electron chi connectivity index (χ2n) is 5.90. The molecule has 0 heterocycles. The minimum absolute atomic E-state index is 0.0416. The lowest BCUT2D eigenvalue weighted by atomic mass is 10.2. The Labute approximate surface area is 133 Å². The van der Waals surface area contributed by atoms with Gasteiger partial charge in [0.25, 0.3) is 5.69 Å². The molecule has 8 nitrogen and oxygen atoms in total. The van der Waals surface area contributed by atoms with Gasteiger partial charge in [0.1, 0.15) is 18.2 Å². The van der Waals surface area contributed by atoms with Gasteiger partial charge in [0.15, 0.2) is 0 Å². The largest absolute Gasteiger partial charge is 0.459 e. The number of hydrogen-bond donors (Lipinski definition) is 1. The lowest BCUT2D eigenvalue weighted by molar-refractivity contribution is -0.384. The molecule has 0 radical (unpaired) electrons. The summed E-state index contributed by atoms with van der Waals surface area (Å²) >= 11 is 0. The SMILES string of the molecule is C[C@H](NC(=O)OC(C)(C)C)C(=O)OCc1ccc([N+](=O)[O-])cc1. The molecule has 0 aliphatic carbocycles. The molecular formula is C15H20N2O6. The zero-order valence-corrected chi connectivity index (χ0v) is 13.5. The molecule has 0 unspecified atom stereocenters. The van der Waals surface area contributed by atoms with Gasteiger partial charge < -0.3 is 14.8 Å². The number of nitro benzene ring substituents is 1. The number of non-ortho nitro benzene ring substituents is 1. The third-order valence-corrected chi connectivity index (χ3v) is 2.62. The average molecular weight is 324 g/mol. The maximum Gasteiger partial charge on any atom is 0.408 e. The van der Waals surface area contributed by atoms with E-state index in [9.17, 15) is 19.7 Å². The normalized spacial score (nSPS) is 12.2. The molecule has 1 N–H and O–H groups in total. The highest BCUT2D eigenvalue weighted by molar-refractivity contribution is 5.81. The van der Waals surface area contributed by atoms with E-state index in [1.165, 1.54) is 31.2 Å². The summed E-state index contributed by atoms with van der Waals surface area (Å²) in [6.07, 6.45) is -0.711. The van der Waals surface area contributed by atoms with Crippen LogP contribution in [0.3, 0.4) is 0 Å². The second kappa shape index (κ2) is 7.57. The predicted octanol–water partition coefficient (Wildman–Crippen LogP) is 2.55. The van der Waals surface area contributed by atoms with E-state index in [4.69, 9.17) is 9.47 Å². The minimum Gasteiger partial charge on any atom is -0.459 e. The van der Waals surface area contributed by atoms with Crippen molar-refractivity contribution in [1.29, 1.82) is 0 Å². The highest BCUT2D eigenvalue weighted by Gasteiger charge is 2.21. The van der Waals surface area contributed by atoms with Gasteiger partial charge >= 0.3 is 12.1 Å². The fraction of sp³-hybridized carbons (Fsp3) is 0.467. The summed E-state index contributed by atoms with van der Waals surface area (Å²) in [7, 11) is 0. The number of carbonyl (C=O) groups is 2. The van der Waals surface area contributed by atoms with Gasteiger partial charge in [-0.3, -0.25) is 10.1 Å². The van der Waals surface area contributed by atoms with E-state index >= 15 is 0 Å². The van der Waals surface area contributed by atoms with Crippen LogP contribution in [0.2, 0.25) is 0 Å². The molecule has 0 saturated heterocycles. The minimum atomic E-state index is -0.872. The number of ether oxygens (including phenoxy) is 2. The van der Waals surface area contributed by atoms with E-state index in [2.05, 4.69) is 5.32 Å². The van der Waals surface area contributed by atoms with E-state index in [-0.39, 0.29) is 12.3 Å².